The van der Waals surface area contributed by atoms with Crippen LogP contribution < -0.4 is 0 Å². The molecule has 0 radical (unpaired) electrons. The molecule has 63 heavy (non-hydrogen) atoms. The molecule has 11 unspecified atom stereocenters. The van der Waals surface area contributed by atoms with Gasteiger partial charge in [0.05, 0.1) is 26.4 Å². The van der Waals surface area contributed by atoms with E-state index in [-0.39, 0.29) is 19.6 Å². The SMILES string of the molecule is CC/C=C\C/C=C\C/C=C\C/C=C\CCCCCOCC(COC1OC(COC2OC(CO)C(O)C(O)C2O)C(O)C(O)C1O)OC(=O)CC/C=C\C/C=C\C/C=C\C/C=C\CC. The van der Waals surface area contributed by atoms with E-state index < -0.39 is 86.7 Å². The molecule has 2 aliphatic rings. The van der Waals surface area contributed by atoms with Gasteiger partial charge in [-0.2, -0.15) is 0 Å². The van der Waals surface area contributed by atoms with Crippen LogP contribution in [-0.4, -0.2) is 142 Å². The van der Waals surface area contributed by atoms with Crippen LogP contribution >= 0.6 is 0 Å². The highest BCUT2D eigenvalue weighted by Gasteiger charge is 2.47. The number of hydrogen-bond acceptors (Lipinski definition) is 14. The number of esters is 1. The summed E-state index contributed by atoms with van der Waals surface area (Å²) in [6.07, 6.45) is 29.3. The molecule has 0 amide bonds. The number of ether oxygens (including phenoxy) is 6. The Morgan fingerprint density at radius 1 is 0.524 bits per heavy atom. The summed E-state index contributed by atoms with van der Waals surface area (Å²) in [6, 6.07) is 0. The molecule has 2 heterocycles. The molecule has 358 valence electrons. The van der Waals surface area contributed by atoms with E-state index in [4.69, 9.17) is 28.4 Å². The average Bonchev–Trinajstić information content (AvgIpc) is 3.28. The summed E-state index contributed by atoms with van der Waals surface area (Å²) in [5, 5.41) is 71.9. The Bertz CT molecular complexity index is 1400. The number of aliphatic hydroxyl groups excluding tert-OH is 7. The zero-order chi connectivity index (χ0) is 45.9. The summed E-state index contributed by atoms with van der Waals surface area (Å²) in [7, 11) is 0. The highest BCUT2D eigenvalue weighted by molar-refractivity contribution is 5.69. The number of carbonyl (C=O) groups is 1. The first-order valence-corrected chi connectivity index (χ1v) is 22.8. The van der Waals surface area contributed by atoms with Crippen molar-refractivity contribution in [2.75, 3.05) is 33.0 Å². The van der Waals surface area contributed by atoms with Crippen molar-refractivity contribution in [3.63, 3.8) is 0 Å². The lowest BCUT2D eigenvalue weighted by atomic mass is 9.98. The first kappa shape index (κ1) is 56.0. The first-order chi connectivity index (χ1) is 30.6. The van der Waals surface area contributed by atoms with Gasteiger partial charge in [-0.25, -0.2) is 0 Å². The monoisotopic (exact) mass is 891 g/mol. The quantitative estimate of drug-likeness (QED) is 0.0246. The smallest absolute Gasteiger partial charge is 0.306 e. The molecule has 2 aliphatic heterocycles. The summed E-state index contributed by atoms with van der Waals surface area (Å²) >= 11 is 0. The van der Waals surface area contributed by atoms with Gasteiger partial charge in [0.25, 0.3) is 0 Å². The zero-order valence-corrected chi connectivity index (χ0v) is 37.5. The largest absolute Gasteiger partial charge is 0.457 e. The van der Waals surface area contributed by atoms with E-state index in [1.54, 1.807) is 0 Å². The van der Waals surface area contributed by atoms with E-state index in [0.29, 0.717) is 13.0 Å². The molecule has 0 aliphatic carbocycles. The van der Waals surface area contributed by atoms with Crippen molar-refractivity contribution in [3.05, 3.63) is 97.2 Å². The Balaban J connectivity index is 1.86. The van der Waals surface area contributed by atoms with Crippen LogP contribution in [0.15, 0.2) is 97.2 Å². The Morgan fingerprint density at radius 2 is 0.984 bits per heavy atom. The van der Waals surface area contributed by atoms with Crippen molar-refractivity contribution in [2.24, 2.45) is 0 Å². The van der Waals surface area contributed by atoms with Gasteiger partial charge in [0.2, 0.25) is 0 Å². The Kier molecular flexibility index (Phi) is 32.2. The molecule has 2 rings (SSSR count). The highest BCUT2D eigenvalue weighted by atomic mass is 16.7. The van der Waals surface area contributed by atoms with E-state index in [1.165, 1.54) is 0 Å². The van der Waals surface area contributed by atoms with Gasteiger partial charge >= 0.3 is 5.97 Å². The second-order valence-corrected chi connectivity index (χ2v) is 15.5. The molecule has 0 spiro atoms. The molecule has 11 atom stereocenters. The molecule has 0 aromatic heterocycles. The second-order valence-electron chi connectivity index (χ2n) is 15.5. The lowest BCUT2D eigenvalue weighted by Crippen LogP contribution is -2.61. The maximum absolute atomic E-state index is 12.9. The molecule has 0 aromatic rings. The fourth-order valence-corrected chi connectivity index (χ4v) is 6.40. The molecule has 0 bridgehead atoms. The van der Waals surface area contributed by atoms with Crippen LogP contribution in [0, 0.1) is 0 Å². The molecule has 0 aromatic carbocycles. The van der Waals surface area contributed by atoms with Gasteiger partial charge in [0, 0.05) is 13.0 Å². The molecule has 14 heteroatoms. The average molecular weight is 891 g/mol. The van der Waals surface area contributed by atoms with Crippen molar-refractivity contribution < 1.29 is 69.0 Å². The Morgan fingerprint density at radius 3 is 1.51 bits per heavy atom. The van der Waals surface area contributed by atoms with E-state index in [2.05, 4.69) is 98.9 Å². The Hall–Kier alpha value is -3.09. The van der Waals surface area contributed by atoms with E-state index in [0.717, 1.165) is 77.0 Å². The standard InChI is InChI=1S/C49H78O14/c1-3-5-7-9-11-13-15-17-18-19-21-23-25-27-29-31-33-58-35-38(61-41(51)32-30-28-26-24-22-20-16-14-12-10-8-6-4-2)36-59-48-47(57)45(55)43(53)40(63-48)37-60-49-46(56)44(54)42(52)39(34-50)62-49/h5-8,11-14,17-18,20-23,26,28,38-40,42-50,52-57H,3-4,9-10,15-16,19,24-25,27,29-37H2,1-2H3/b7-5-,8-6-,13-11-,14-12-,18-17-,22-20-,23-21-,28-26-. The minimum atomic E-state index is -1.73. The van der Waals surface area contributed by atoms with Gasteiger partial charge in [0.15, 0.2) is 12.6 Å². The molecule has 14 nitrogen and oxygen atoms in total. The van der Waals surface area contributed by atoms with Crippen LogP contribution in [0.5, 0.6) is 0 Å². The maximum Gasteiger partial charge on any atom is 0.306 e. The highest BCUT2D eigenvalue weighted by Crippen LogP contribution is 2.26. The van der Waals surface area contributed by atoms with Crippen LogP contribution in [-0.2, 0) is 33.2 Å². The van der Waals surface area contributed by atoms with Gasteiger partial charge in [-0.05, 0) is 77.0 Å². The number of carbonyl (C=O) groups excluding carboxylic acids is 1. The van der Waals surface area contributed by atoms with Crippen LogP contribution in [0.3, 0.4) is 0 Å². The lowest BCUT2D eigenvalue weighted by molar-refractivity contribution is -0.332. The van der Waals surface area contributed by atoms with Gasteiger partial charge in [-0.15, -0.1) is 0 Å². The fourth-order valence-electron chi connectivity index (χ4n) is 6.40. The van der Waals surface area contributed by atoms with E-state index in [9.17, 15) is 40.5 Å². The Labute approximate surface area is 375 Å². The zero-order valence-electron chi connectivity index (χ0n) is 37.5. The first-order valence-electron chi connectivity index (χ1n) is 22.8. The maximum atomic E-state index is 12.9. The molecular weight excluding hydrogens is 813 g/mol. The normalized spacial score (nSPS) is 27.9. The molecule has 0 saturated carbocycles. The van der Waals surface area contributed by atoms with Crippen molar-refractivity contribution in [1.29, 1.82) is 0 Å². The van der Waals surface area contributed by atoms with Gasteiger partial charge in [0.1, 0.15) is 54.9 Å². The predicted molar refractivity (Wildman–Crippen MR) is 242 cm³/mol. The van der Waals surface area contributed by atoms with Crippen LogP contribution in [0.4, 0.5) is 0 Å². The fraction of sp³-hybridized carbons (Fsp3) is 0.653. The predicted octanol–water partition coefficient (Wildman–Crippen LogP) is 5.51. The molecule has 2 saturated heterocycles. The number of hydrogen-bond donors (Lipinski definition) is 7. The van der Waals surface area contributed by atoms with Crippen LogP contribution in [0.25, 0.3) is 0 Å². The van der Waals surface area contributed by atoms with E-state index in [1.807, 2.05) is 12.2 Å². The molecular formula is C49H78O14. The summed E-state index contributed by atoms with van der Waals surface area (Å²) in [5.41, 5.74) is 0. The third kappa shape index (κ3) is 24.7. The number of allylic oxidation sites excluding steroid dienone is 16. The summed E-state index contributed by atoms with van der Waals surface area (Å²) < 4.78 is 34.0. The van der Waals surface area contributed by atoms with Gasteiger partial charge in [-0.1, -0.05) is 117 Å². The van der Waals surface area contributed by atoms with Crippen molar-refractivity contribution in [2.45, 2.75) is 171 Å². The van der Waals surface area contributed by atoms with Crippen molar-refractivity contribution in [1.82, 2.24) is 0 Å². The topological polar surface area (TPSA) is 214 Å². The second kappa shape index (κ2) is 36.2. The third-order valence-corrected chi connectivity index (χ3v) is 10.1. The summed E-state index contributed by atoms with van der Waals surface area (Å²) in [5.74, 6) is -0.473. The van der Waals surface area contributed by atoms with E-state index >= 15 is 0 Å². The summed E-state index contributed by atoms with van der Waals surface area (Å²) in [4.78, 5) is 12.9. The minimum Gasteiger partial charge on any atom is -0.457 e. The van der Waals surface area contributed by atoms with Gasteiger partial charge < -0.3 is 64.2 Å². The van der Waals surface area contributed by atoms with Crippen LogP contribution in [0.1, 0.15) is 104 Å². The van der Waals surface area contributed by atoms with Crippen molar-refractivity contribution >= 4 is 5.97 Å². The summed E-state index contributed by atoms with van der Waals surface area (Å²) in [6.45, 7) is 3.23. The minimum absolute atomic E-state index is 0.00419. The van der Waals surface area contributed by atoms with Crippen LogP contribution in [0.2, 0.25) is 0 Å². The van der Waals surface area contributed by atoms with Crippen molar-refractivity contribution in [3.8, 4) is 0 Å². The molecule has 7 N–H and O–H groups in total. The van der Waals surface area contributed by atoms with Gasteiger partial charge in [-0.3, -0.25) is 4.79 Å². The number of unbranched alkanes of at least 4 members (excludes halogenated alkanes) is 3. The molecule has 2 fully saturated rings. The number of aliphatic hydroxyl groups is 7. The lowest BCUT2D eigenvalue weighted by Gasteiger charge is -2.42. The third-order valence-electron chi connectivity index (χ3n) is 10.1. The number of rotatable bonds is 33.